The Bertz CT molecular complexity index is 372. The van der Waals surface area contributed by atoms with Crippen molar-refractivity contribution >= 4 is 40.0 Å². The molecule has 0 fully saturated rings. The molecule has 0 radical (unpaired) electrons. The van der Waals surface area contributed by atoms with Gasteiger partial charge in [-0.3, -0.25) is 10.1 Å². The van der Waals surface area contributed by atoms with Gasteiger partial charge in [-0.1, -0.05) is 6.92 Å². The van der Waals surface area contributed by atoms with Gasteiger partial charge < -0.3 is 5.11 Å². The van der Waals surface area contributed by atoms with E-state index in [9.17, 15) is 10.1 Å². The van der Waals surface area contributed by atoms with Crippen molar-refractivity contribution in [3.63, 3.8) is 0 Å². The first-order valence-corrected chi connectivity index (χ1v) is 6.22. The minimum atomic E-state index is -0.394. The van der Waals surface area contributed by atoms with Gasteiger partial charge in [0.1, 0.15) is 0 Å². The Kier molecular flexibility index (Phi) is 4.81. The second-order valence-corrected chi connectivity index (χ2v) is 5.71. The van der Waals surface area contributed by atoms with E-state index in [1.165, 1.54) is 17.8 Å². The molecule has 82 valence electrons. The maximum Gasteiger partial charge on any atom is 0.283 e. The number of aliphatic hydroxyl groups is 1. The number of thioether (sulfide) groups is 1. The maximum atomic E-state index is 10.8. The fourth-order valence-corrected chi connectivity index (χ4v) is 2.37. The molecule has 4 nitrogen and oxygen atoms in total. The summed E-state index contributed by atoms with van der Waals surface area (Å²) >= 11 is 3.35. The van der Waals surface area contributed by atoms with Crippen molar-refractivity contribution in [3.8, 4) is 0 Å². The zero-order valence-electron chi connectivity index (χ0n) is 8.01. The fourth-order valence-electron chi connectivity index (χ4n) is 0.987. The molecule has 0 spiro atoms. The summed E-state index contributed by atoms with van der Waals surface area (Å²) in [5.74, 6) is 0. The van der Waals surface area contributed by atoms with Crippen LogP contribution >= 0.6 is 34.4 Å². The van der Waals surface area contributed by atoms with E-state index in [0.717, 1.165) is 3.57 Å². The second kappa shape index (κ2) is 5.66. The summed E-state index contributed by atoms with van der Waals surface area (Å²) < 4.78 is 0.834. The zero-order valence-corrected chi connectivity index (χ0v) is 11.0. The Morgan fingerprint density at radius 3 is 2.87 bits per heavy atom. The normalized spacial score (nSPS) is 12.5. The molecule has 0 aliphatic heterocycles. The number of nitro benzene ring substituents is 1. The van der Waals surface area contributed by atoms with Crippen molar-refractivity contribution in [1.29, 1.82) is 0 Å². The van der Waals surface area contributed by atoms with Crippen molar-refractivity contribution in [2.45, 2.75) is 17.1 Å². The topological polar surface area (TPSA) is 63.4 Å². The molecular weight excluding hydrogens is 329 g/mol. The van der Waals surface area contributed by atoms with Crippen LogP contribution in [0.15, 0.2) is 23.1 Å². The van der Waals surface area contributed by atoms with Crippen LogP contribution in [0.5, 0.6) is 0 Å². The van der Waals surface area contributed by atoms with Gasteiger partial charge in [-0.05, 0) is 34.7 Å². The summed E-state index contributed by atoms with van der Waals surface area (Å²) in [4.78, 5) is 11.0. The van der Waals surface area contributed by atoms with Crippen LogP contribution in [-0.2, 0) is 0 Å². The van der Waals surface area contributed by atoms with Crippen molar-refractivity contribution in [3.05, 3.63) is 31.9 Å². The molecule has 0 amide bonds. The van der Waals surface area contributed by atoms with Crippen molar-refractivity contribution < 1.29 is 10.0 Å². The molecular formula is C9H10INO3S. The van der Waals surface area contributed by atoms with Gasteiger partial charge in [0.2, 0.25) is 0 Å². The van der Waals surface area contributed by atoms with E-state index >= 15 is 0 Å². The lowest BCUT2D eigenvalue weighted by molar-refractivity contribution is -0.387. The molecule has 1 atom stereocenters. The number of halogens is 1. The fraction of sp³-hybridized carbons (Fsp3) is 0.333. The Labute approximate surface area is 105 Å². The smallest absolute Gasteiger partial charge is 0.283 e. The standard InChI is InChI=1S/C9H10INO3S/c1-6(5-12)15-9-3-2-7(10)4-8(9)11(13)14/h2-4,6,12H,5H2,1H3. The summed E-state index contributed by atoms with van der Waals surface area (Å²) in [5, 5.41) is 19.6. The van der Waals surface area contributed by atoms with Gasteiger partial charge in [-0.15, -0.1) is 11.8 Å². The van der Waals surface area contributed by atoms with Gasteiger partial charge in [0, 0.05) is 14.9 Å². The lowest BCUT2D eigenvalue weighted by Crippen LogP contribution is -2.02. The number of hydrogen-bond acceptors (Lipinski definition) is 4. The lowest BCUT2D eigenvalue weighted by atomic mass is 10.3. The lowest BCUT2D eigenvalue weighted by Gasteiger charge is -2.07. The summed E-state index contributed by atoms with van der Waals surface area (Å²) in [6.07, 6.45) is 0. The highest BCUT2D eigenvalue weighted by molar-refractivity contribution is 14.1. The highest BCUT2D eigenvalue weighted by Crippen LogP contribution is 2.32. The van der Waals surface area contributed by atoms with Crippen LogP contribution in [-0.4, -0.2) is 21.9 Å². The molecule has 0 aliphatic rings. The van der Waals surface area contributed by atoms with E-state index in [0.29, 0.717) is 4.90 Å². The molecule has 0 aromatic heterocycles. The summed E-state index contributed by atoms with van der Waals surface area (Å²) in [5.41, 5.74) is 0.104. The molecule has 0 saturated heterocycles. The predicted molar refractivity (Wildman–Crippen MR) is 68.2 cm³/mol. The number of aliphatic hydroxyl groups excluding tert-OH is 1. The van der Waals surface area contributed by atoms with Gasteiger partial charge in [0.25, 0.3) is 5.69 Å². The predicted octanol–water partition coefficient (Wildman–Crippen LogP) is 2.67. The highest BCUT2D eigenvalue weighted by atomic mass is 127. The van der Waals surface area contributed by atoms with Gasteiger partial charge in [0.15, 0.2) is 0 Å². The second-order valence-electron chi connectivity index (χ2n) is 2.98. The SMILES string of the molecule is CC(CO)Sc1ccc(I)cc1[N+](=O)[O-]. The monoisotopic (exact) mass is 339 g/mol. The van der Waals surface area contributed by atoms with Crippen molar-refractivity contribution in [2.75, 3.05) is 6.61 Å². The molecule has 0 heterocycles. The Hall–Kier alpha value is -0.340. The Balaban J connectivity index is 3.01. The minimum absolute atomic E-state index is 0.00775. The zero-order chi connectivity index (χ0) is 11.4. The van der Waals surface area contributed by atoms with Gasteiger partial charge in [-0.2, -0.15) is 0 Å². The van der Waals surface area contributed by atoms with Gasteiger partial charge in [-0.25, -0.2) is 0 Å². The van der Waals surface area contributed by atoms with E-state index in [4.69, 9.17) is 5.11 Å². The number of nitro groups is 1. The Morgan fingerprint density at radius 2 is 2.33 bits per heavy atom. The van der Waals surface area contributed by atoms with Crippen LogP contribution in [0.1, 0.15) is 6.92 Å². The van der Waals surface area contributed by atoms with E-state index in [1.54, 1.807) is 6.07 Å². The van der Waals surface area contributed by atoms with Crippen LogP contribution in [0.4, 0.5) is 5.69 Å². The molecule has 1 aromatic rings. The summed E-state index contributed by atoms with van der Waals surface area (Å²) in [6, 6.07) is 5.07. The first-order chi connectivity index (χ1) is 7.04. The van der Waals surface area contributed by atoms with Crippen LogP contribution in [0, 0.1) is 13.7 Å². The molecule has 1 unspecified atom stereocenters. The van der Waals surface area contributed by atoms with Crippen LogP contribution in [0.2, 0.25) is 0 Å². The number of benzene rings is 1. The Morgan fingerprint density at radius 1 is 1.67 bits per heavy atom. The van der Waals surface area contributed by atoms with Crippen molar-refractivity contribution in [1.82, 2.24) is 0 Å². The number of rotatable bonds is 4. The first-order valence-electron chi connectivity index (χ1n) is 4.26. The van der Waals surface area contributed by atoms with E-state index in [1.807, 2.05) is 35.6 Å². The van der Waals surface area contributed by atoms with E-state index in [-0.39, 0.29) is 17.5 Å². The third kappa shape index (κ3) is 3.62. The summed E-state index contributed by atoms with van der Waals surface area (Å²) in [6.45, 7) is 1.83. The molecule has 0 aliphatic carbocycles. The third-order valence-corrected chi connectivity index (χ3v) is 3.52. The van der Waals surface area contributed by atoms with Gasteiger partial charge >= 0.3 is 0 Å². The highest BCUT2D eigenvalue weighted by Gasteiger charge is 2.16. The molecule has 1 N–H and O–H groups in total. The number of nitrogens with zero attached hydrogens (tertiary/aromatic N) is 1. The van der Waals surface area contributed by atoms with Crippen molar-refractivity contribution in [2.24, 2.45) is 0 Å². The molecule has 0 bridgehead atoms. The quantitative estimate of drug-likeness (QED) is 0.397. The van der Waals surface area contributed by atoms with E-state index in [2.05, 4.69) is 0 Å². The maximum absolute atomic E-state index is 10.8. The molecule has 1 rings (SSSR count). The van der Waals surface area contributed by atoms with Gasteiger partial charge in [0.05, 0.1) is 16.4 Å². The van der Waals surface area contributed by atoms with Crippen LogP contribution < -0.4 is 0 Å². The molecule has 0 saturated carbocycles. The number of hydrogen-bond donors (Lipinski definition) is 1. The average molecular weight is 339 g/mol. The van der Waals surface area contributed by atoms with Crippen LogP contribution in [0.25, 0.3) is 0 Å². The third-order valence-electron chi connectivity index (χ3n) is 1.70. The summed E-state index contributed by atoms with van der Waals surface area (Å²) in [7, 11) is 0. The largest absolute Gasteiger partial charge is 0.395 e. The minimum Gasteiger partial charge on any atom is -0.395 e. The van der Waals surface area contributed by atoms with E-state index < -0.39 is 4.92 Å². The van der Waals surface area contributed by atoms with Crippen LogP contribution in [0.3, 0.4) is 0 Å². The average Bonchev–Trinajstić information content (AvgIpc) is 2.20. The molecule has 6 heteroatoms. The first kappa shape index (κ1) is 12.7. The molecule has 1 aromatic carbocycles. The molecule has 15 heavy (non-hydrogen) atoms.